The number of unbranched alkanes of at least 4 members (excludes halogenated alkanes) is 1. The van der Waals surface area contributed by atoms with Gasteiger partial charge in [-0.3, -0.25) is 9.59 Å². The minimum atomic E-state index is -0.104. The summed E-state index contributed by atoms with van der Waals surface area (Å²) in [5.74, 6) is 0.240. The molecule has 2 heterocycles. The van der Waals surface area contributed by atoms with E-state index in [1.54, 1.807) is 0 Å². The molecular formula is C15H27N3O2. The average molecular weight is 281 g/mol. The molecule has 0 N–H and O–H groups in total. The summed E-state index contributed by atoms with van der Waals surface area (Å²) in [6.45, 7) is 10.3. The van der Waals surface area contributed by atoms with Gasteiger partial charge in [0.25, 0.3) is 0 Å². The Morgan fingerprint density at radius 3 is 2.50 bits per heavy atom. The predicted octanol–water partition coefficient (Wildman–Crippen LogP) is 0.799. The Morgan fingerprint density at radius 1 is 1.20 bits per heavy atom. The van der Waals surface area contributed by atoms with Gasteiger partial charge in [-0.05, 0) is 13.0 Å². The molecule has 2 amide bonds. The molecule has 0 spiro atoms. The minimum Gasteiger partial charge on any atom is -0.342 e. The van der Waals surface area contributed by atoms with E-state index < -0.39 is 0 Å². The maximum absolute atomic E-state index is 12.5. The van der Waals surface area contributed by atoms with E-state index in [9.17, 15) is 9.59 Å². The number of piperazine rings is 1. The first-order valence-corrected chi connectivity index (χ1v) is 7.94. The molecule has 0 radical (unpaired) electrons. The number of amides is 2. The van der Waals surface area contributed by atoms with Crippen molar-refractivity contribution >= 4 is 11.8 Å². The van der Waals surface area contributed by atoms with Gasteiger partial charge in [0.1, 0.15) is 0 Å². The number of hydrogen-bond acceptors (Lipinski definition) is 3. The van der Waals surface area contributed by atoms with Gasteiger partial charge in [0.05, 0.1) is 5.92 Å². The molecule has 0 saturated carbocycles. The lowest BCUT2D eigenvalue weighted by Gasteiger charge is -2.35. The lowest BCUT2D eigenvalue weighted by atomic mass is 10.1. The summed E-state index contributed by atoms with van der Waals surface area (Å²) in [4.78, 5) is 30.6. The van der Waals surface area contributed by atoms with Crippen LogP contribution in [-0.2, 0) is 9.59 Å². The summed E-state index contributed by atoms with van der Waals surface area (Å²) in [5.41, 5.74) is 0. The molecule has 2 rings (SSSR count). The number of carbonyl (C=O) groups excluding carboxylic acids is 2. The highest BCUT2D eigenvalue weighted by atomic mass is 16.2. The topological polar surface area (TPSA) is 43.9 Å². The van der Waals surface area contributed by atoms with Gasteiger partial charge in [-0.15, -0.1) is 0 Å². The lowest BCUT2D eigenvalue weighted by Crippen LogP contribution is -2.50. The van der Waals surface area contributed by atoms with E-state index in [1.165, 1.54) is 0 Å². The Labute approximate surface area is 121 Å². The summed E-state index contributed by atoms with van der Waals surface area (Å²) in [6, 6.07) is 0. The number of hydrogen-bond donors (Lipinski definition) is 0. The lowest BCUT2D eigenvalue weighted by molar-refractivity contribution is -0.137. The van der Waals surface area contributed by atoms with Crippen LogP contribution in [-0.4, -0.2) is 72.3 Å². The monoisotopic (exact) mass is 281 g/mol. The number of carbonyl (C=O) groups is 2. The molecule has 2 fully saturated rings. The van der Waals surface area contributed by atoms with Gasteiger partial charge >= 0.3 is 0 Å². The van der Waals surface area contributed by atoms with Crippen LogP contribution < -0.4 is 0 Å². The molecule has 5 nitrogen and oxygen atoms in total. The van der Waals surface area contributed by atoms with E-state index >= 15 is 0 Å². The van der Waals surface area contributed by atoms with Gasteiger partial charge in [-0.2, -0.15) is 0 Å². The van der Waals surface area contributed by atoms with E-state index in [0.29, 0.717) is 13.0 Å². The molecule has 0 bridgehead atoms. The summed E-state index contributed by atoms with van der Waals surface area (Å²) < 4.78 is 0. The number of nitrogens with zero attached hydrogens (tertiary/aromatic N) is 3. The second-order valence-corrected chi connectivity index (χ2v) is 5.85. The third-order valence-electron chi connectivity index (χ3n) is 4.48. The number of likely N-dealkylation sites (tertiary alicyclic amines) is 1. The predicted molar refractivity (Wildman–Crippen MR) is 78.3 cm³/mol. The molecule has 114 valence electrons. The maximum atomic E-state index is 12.5. The van der Waals surface area contributed by atoms with Crippen molar-refractivity contribution in [2.45, 2.75) is 33.1 Å². The zero-order valence-electron chi connectivity index (χ0n) is 12.8. The Kier molecular flexibility index (Phi) is 5.40. The minimum absolute atomic E-state index is 0.104. The Hall–Kier alpha value is -1.10. The molecular weight excluding hydrogens is 254 g/mol. The second kappa shape index (κ2) is 7.07. The zero-order valence-corrected chi connectivity index (χ0v) is 12.8. The Balaban J connectivity index is 1.83. The molecule has 2 saturated heterocycles. The molecule has 0 aromatic heterocycles. The maximum Gasteiger partial charge on any atom is 0.228 e. The van der Waals surface area contributed by atoms with Crippen molar-refractivity contribution in [3.8, 4) is 0 Å². The van der Waals surface area contributed by atoms with E-state index in [2.05, 4.69) is 18.7 Å². The zero-order chi connectivity index (χ0) is 14.5. The standard InChI is InChI=1S/C15H27N3O2/c1-3-5-6-18-12-13(11-14(18)19)15(20)17-9-7-16(4-2)8-10-17/h13H,3-12H2,1-2H3/t13-/m1/s1. The normalized spacial score (nSPS) is 24.5. The van der Waals surface area contributed by atoms with E-state index in [-0.39, 0.29) is 17.7 Å². The van der Waals surface area contributed by atoms with Crippen LogP contribution in [0.1, 0.15) is 33.1 Å². The van der Waals surface area contributed by atoms with Gasteiger partial charge in [-0.1, -0.05) is 20.3 Å². The first-order chi connectivity index (χ1) is 9.65. The van der Waals surface area contributed by atoms with Crippen LogP contribution in [0.15, 0.2) is 0 Å². The highest BCUT2D eigenvalue weighted by Gasteiger charge is 2.36. The molecule has 0 aromatic carbocycles. The van der Waals surface area contributed by atoms with E-state index in [0.717, 1.165) is 52.1 Å². The van der Waals surface area contributed by atoms with Crippen molar-refractivity contribution in [3.05, 3.63) is 0 Å². The molecule has 0 aromatic rings. The molecule has 20 heavy (non-hydrogen) atoms. The Bertz CT molecular complexity index is 351. The highest BCUT2D eigenvalue weighted by molar-refractivity contribution is 5.89. The first kappa shape index (κ1) is 15.3. The number of likely N-dealkylation sites (N-methyl/N-ethyl adjacent to an activating group) is 1. The number of rotatable bonds is 5. The van der Waals surface area contributed by atoms with Crippen molar-refractivity contribution in [3.63, 3.8) is 0 Å². The SMILES string of the molecule is CCCCN1C[C@H](C(=O)N2CCN(CC)CC2)CC1=O. The molecule has 2 aliphatic heterocycles. The van der Waals surface area contributed by atoms with Crippen LogP contribution in [0.4, 0.5) is 0 Å². The fourth-order valence-corrected chi connectivity index (χ4v) is 3.05. The van der Waals surface area contributed by atoms with Crippen LogP contribution in [0.5, 0.6) is 0 Å². The smallest absolute Gasteiger partial charge is 0.228 e. The quantitative estimate of drug-likeness (QED) is 0.749. The third kappa shape index (κ3) is 3.51. The first-order valence-electron chi connectivity index (χ1n) is 7.94. The van der Waals surface area contributed by atoms with E-state index in [4.69, 9.17) is 0 Å². The van der Waals surface area contributed by atoms with Crippen LogP contribution in [0.2, 0.25) is 0 Å². The van der Waals surface area contributed by atoms with Crippen molar-refractivity contribution in [1.29, 1.82) is 0 Å². The Morgan fingerprint density at radius 2 is 1.90 bits per heavy atom. The van der Waals surface area contributed by atoms with E-state index in [1.807, 2.05) is 9.80 Å². The largest absolute Gasteiger partial charge is 0.342 e. The van der Waals surface area contributed by atoms with Gasteiger partial charge < -0.3 is 14.7 Å². The molecule has 5 heteroatoms. The van der Waals surface area contributed by atoms with Crippen molar-refractivity contribution < 1.29 is 9.59 Å². The van der Waals surface area contributed by atoms with Crippen molar-refractivity contribution in [2.24, 2.45) is 5.92 Å². The second-order valence-electron chi connectivity index (χ2n) is 5.85. The van der Waals surface area contributed by atoms with Crippen LogP contribution in [0, 0.1) is 5.92 Å². The van der Waals surface area contributed by atoms with Gasteiger partial charge in [0.2, 0.25) is 11.8 Å². The summed E-state index contributed by atoms with van der Waals surface area (Å²) in [6.07, 6.45) is 2.53. The highest BCUT2D eigenvalue weighted by Crippen LogP contribution is 2.21. The summed E-state index contributed by atoms with van der Waals surface area (Å²) in [7, 11) is 0. The van der Waals surface area contributed by atoms with Gasteiger partial charge in [-0.25, -0.2) is 0 Å². The fourth-order valence-electron chi connectivity index (χ4n) is 3.05. The third-order valence-corrected chi connectivity index (χ3v) is 4.48. The van der Waals surface area contributed by atoms with Gasteiger partial charge in [0.15, 0.2) is 0 Å². The molecule has 1 atom stereocenters. The van der Waals surface area contributed by atoms with Crippen LogP contribution in [0.3, 0.4) is 0 Å². The summed E-state index contributed by atoms with van der Waals surface area (Å²) in [5, 5.41) is 0. The van der Waals surface area contributed by atoms with Crippen molar-refractivity contribution in [2.75, 3.05) is 45.8 Å². The molecule has 2 aliphatic rings. The molecule has 0 unspecified atom stereocenters. The van der Waals surface area contributed by atoms with Crippen molar-refractivity contribution in [1.82, 2.24) is 14.7 Å². The van der Waals surface area contributed by atoms with Gasteiger partial charge in [0, 0.05) is 45.7 Å². The van der Waals surface area contributed by atoms with Crippen LogP contribution in [0.25, 0.3) is 0 Å². The molecule has 0 aliphatic carbocycles. The fraction of sp³-hybridized carbons (Fsp3) is 0.867. The van der Waals surface area contributed by atoms with Crippen LogP contribution >= 0.6 is 0 Å². The average Bonchev–Trinajstić information content (AvgIpc) is 2.85. The summed E-state index contributed by atoms with van der Waals surface area (Å²) >= 11 is 0.